The minimum absolute atomic E-state index is 0.378. The highest BCUT2D eigenvalue weighted by molar-refractivity contribution is 7.80. The van der Waals surface area contributed by atoms with Gasteiger partial charge < -0.3 is 4.74 Å². The highest BCUT2D eigenvalue weighted by Gasteiger charge is 2.30. The maximum Gasteiger partial charge on any atom is 0.0544 e. The number of ether oxygens (including phenoxy) is 1. The first kappa shape index (κ1) is 13.4. The Morgan fingerprint density at radius 3 is 2.27 bits per heavy atom. The second kappa shape index (κ2) is 6.80. The summed E-state index contributed by atoms with van der Waals surface area (Å²) in [6.07, 6.45) is 9.68. The van der Waals surface area contributed by atoms with Crippen molar-refractivity contribution in [2.75, 3.05) is 12.4 Å². The van der Waals surface area contributed by atoms with E-state index in [1.54, 1.807) is 0 Å². The van der Waals surface area contributed by atoms with Crippen LogP contribution in [0.1, 0.15) is 58.8 Å². The zero-order valence-corrected chi connectivity index (χ0v) is 11.2. The zero-order valence-electron chi connectivity index (χ0n) is 10.3. The summed E-state index contributed by atoms with van der Waals surface area (Å²) in [6, 6.07) is 0. The summed E-state index contributed by atoms with van der Waals surface area (Å²) < 4.78 is 5.93. The van der Waals surface area contributed by atoms with Gasteiger partial charge in [-0.15, -0.1) is 0 Å². The van der Waals surface area contributed by atoms with Crippen molar-refractivity contribution in [1.29, 1.82) is 0 Å². The van der Waals surface area contributed by atoms with Gasteiger partial charge in [0.15, 0.2) is 0 Å². The van der Waals surface area contributed by atoms with E-state index in [0.717, 1.165) is 18.8 Å². The fourth-order valence-corrected chi connectivity index (χ4v) is 2.67. The molecule has 90 valence electrons. The second-order valence-electron chi connectivity index (χ2n) is 5.10. The largest absolute Gasteiger partial charge is 0.378 e. The first-order valence-electron chi connectivity index (χ1n) is 6.45. The molecule has 1 unspecified atom stereocenters. The van der Waals surface area contributed by atoms with Gasteiger partial charge in [0.1, 0.15) is 0 Å². The van der Waals surface area contributed by atoms with Crippen LogP contribution in [-0.2, 0) is 4.74 Å². The molecule has 1 nitrogen and oxygen atoms in total. The maximum absolute atomic E-state index is 5.93. The van der Waals surface area contributed by atoms with Crippen molar-refractivity contribution in [3.63, 3.8) is 0 Å². The predicted molar refractivity (Wildman–Crippen MR) is 69.7 cm³/mol. The van der Waals surface area contributed by atoms with Crippen LogP contribution < -0.4 is 0 Å². The lowest BCUT2D eigenvalue weighted by Crippen LogP contribution is -2.30. The van der Waals surface area contributed by atoms with Crippen LogP contribution in [0.4, 0.5) is 0 Å². The average molecular weight is 230 g/mol. The molecule has 1 saturated carbocycles. The van der Waals surface area contributed by atoms with E-state index in [1.165, 1.54) is 38.5 Å². The molecular formula is C13H26OS. The molecule has 0 radical (unpaired) electrons. The van der Waals surface area contributed by atoms with Gasteiger partial charge in [0.25, 0.3) is 0 Å². The van der Waals surface area contributed by atoms with Gasteiger partial charge in [-0.25, -0.2) is 0 Å². The summed E-state index contributed by atoms with van der Waals surface area (Å²) in [7, 11) is 0. The Bertz CT molecular complexity index is 162. The number of rotatable bonds is 5. The number of thiol groups is 1. The molecule has 0 saturated heterocycles. The lowest BCUT2D eigenvalue weighted by atomic mass is 9.83. The molecule has 0 heterocycles. The molecule has 0 aliphatic heterocycles. The Morgan fingerprint density at radius 2 is 1.80 bits per heavy atom. The van der Waals surface area contributed by atoms with Crippen molar-refractivity contribution in [3.05, 3.63) is 0 Å². The molecule has 0 amide bonds. The predicted octanol–water partition coefficient (Wildman–Crippen LogP) is 4.07. The zero-order chi connectivity index (χ0) is 11.1. The van der Waals surface area contributed by atoms with Crippen LogP contribution in [0.5, 0.6) is 0 Å². The second-order valence-corrected chi connectivity index (χ2v) is 5.42. The van der Waals surface area contributed by atoms with Gasteiger partial charge in [0, 0.05) is 5.41 Å². The van der Waals surface area contributed by atoms with Crippen LogP contribution >= 0.6 is 12.6 Å². The van der Waals surface area contributed by atoms with E-state index in [1.807, 2.05) is 0 Å². The van der Waals surface area contributed by atoms with Crippen molar-refractivity contribution in [1.82, 2.24) is 0 Å². The molecule has 1 aliphatic rings. The van der Waals surface area contributed by atoms with Gasteiger partial charge in [-0.1, -0.05) is 32.6 Å². The average Bonchev–Trinajstić information content (AvgIpc) is 2.52. The van der Waals surface area contributed by atoms with E-state index in [-0.39, 0.29) is 0 Å². The maximum atomic E-state index is 5.93. The standard InChI is InChI=1S/C13H26OS/c1-3-12(2)14-10-13(11-15)8-6-4-5-7-9-13/h12,15H,3-11H2,1-2H3. The fourth-order valence-electron chi connectivity index (χ4n) is 2.26. The molecule has 1 rings (SSSR count). The smallest absolute Gasteiger partial charge is 0.0544 e. The normalized spacial score (nSPS) is 23.4. The van der Waals surface area contributed by atoms with Gasteiger partial charge >= 0.3 is 0 Å². The minimum atomic E-state index is 0.378. The topological polar surface area (TPSA) is 9.23 Å². The van der Waals surface area contributed by atoms with E-state index in [0.29, 0.717) is 11.5 Å². The molecule has 0 bridgehead atoms. The SMILES string of the molecule is CCC(C)OCC1(CS)CCCCCC1. The van der Waals surface area contributed by atoms with E-state index in [4.69, 9.17) is 4.74 Å². The Morgan fingerprint density at radius 1 is 1.20 bits per heavy atom. The summed E-state index contributed by atoms with van der Waals surface area (Å²) >= 11 is 4.55. The van der Waals surface area contributed by atoms with E-state index in [9.17, 15) is 0 Å². The molecule has 1 fully saturated rings. The molecular weight excluding hydrogens is 204 g/mol. The molecule has 0 aromatic heterocycles. The van der Waals surface area contributed by atoms with Crippen LogP contribution in [0, 0.1) is 5.41 Å². The van der Waals surface area contributed by atoms with Gasteiger partial charge in [-0.3, -0.25) is 0 Å². The third kappa shape index (κ3) is 4.36. The number of hydrogen-bond donors (Lipinski definition) is 1. The van der Waals surface area contributed by atoms with E-state index >= 15 is 0 Å². The van der Waals surface area contributed by atoms with Gasteiger partial charge in [-0.05, 0) is 31.9 Å². The summed E-state index contributed by atoms with van der Waals surface area (Å²) in [5.41, 5.74) is 0.378. The van der Waals surface area contributed by atoms with Crippen molar-refractivity contribution in [3.8, 4) is 0 Å². The van der Waals surface area contributed by atoms with Crippen LogP contribution in [0.25, 0.3) is 0 Å². The highest BCUT2D eigenvalue weighted by Crippen LogP contribution is 2.36. The third-order valence-corrected chi connectivity index (χ3v) is 4.42. The summed E-state index contributed by atoms with van der Waals surface area (Å²) in [4.78, 5) is 0. The first-order valence-corrected chi connectivity index (χ1v) is 7.08. The monoisotopic (exact) mass is 230 g/mol. The third-order valence-electron chi connectivity index (χ3n) is 3.75. The van der Waals surface area contributed by atoms with E-state index in [2.05, 4.69) is 26.5 Å². The van der Waals surface area contributed by atoms with Crippen LogP contribution in [0.3, 0.4) is 0 Å². The summed E-state index contributed by atoms with van der Waals surface area (Å²) in [5.74, 6) is 0.990. The van der Waals surface area contributed by atoms with Crippen molar-refractivity contribution >= 4 is 12.6 Å². The molecule has 0 aromatic rings. The van der Waals surface area contributed by atoms with Crippen LogP contribution in [0.2, 0.25) is 0 Å². The van der Waals surface area contributed by atoms with Gasteiger partial charge in [-0.2, -0.15) is 12.6 Å². The van der Waals surface area contributed by atoms with Crippen molar-refractivity contribution in [2.24, 2.45) is 5.41 Å². The quantitative estimate of drug-likeness (QED) is 0.553. The van der Waals surface area contributed by atoms with Gasteiger partial charge in [0.05, 0.1) is 12.7 Å². The molecule has 0 spiro atoms. The van der Waals surface area contributed by atoms with Gasteiger partial charge in [0.2, 0.25) is 0 Å². The van der Waals surface area contributed by atoms with E-state index < -0.39 is 0 Å². The highest BCUT2D eigenvalue weighted by atomic mass is 32.1. The van der Waals surface area contributed by atoms with Crippen molar-refractivity contribution in [2.45, 2.75) is 64.9 Å². The molecule has 1 atom stereocenters. The Hall–Kier alpha value is 0.310. The molecule has 15 heavy (non-hydrogen) atoms. The minimum Gasteiger partial charge on any atom is -0.378 e. The molecule has 0 aromatic carbocycles. The van der Waals surface area contributed by atoms with Crippen LogP contribution in [-0.4, -0.2) is 18.5 Å². The molecule has 1 aliphatic carbocycles. The Balaban J connectivity index is 2.43. The summed E-state index contributed by atoms with van der Waals surface area (Å²) in [5, 5.41) is 0. The first-order chi connectivity index (χ1) is 7.22. The lowest BCUT2D eigenvalue weighted by molar-refractivity contribution is 0.0000662. The van der Waals surface area contributed by atoms with Crippen molar-refractivity contribution < 1.29 is 4.74 Å². The Kier molecular flexibility index (Phi) is 6.06. The Labute approximate surface area is 100 Å². The lowest BCUT2D eigenvalue weighted by Gasteiger charge is -2.32. The number of hydrogen-bond acceptors (Lipinski definition) is 2. The molecule has 2 heteroatoms. The molecule has 0 N–H and O–H groups in total. The summed E-state index contributed by atoms with van der Waals surface area (Å²) in [6.45, 7) is 5.28. The van der Waals surface area contributed by atoms with Crippen LogP contribution in [0.15, 0.2) is 0 Å². The fraction of sp³-hybridized carbons (Fsp3) is 1.00.